The molecule has 21 heavy (non-hydrogen) atoms. The molecule has 4 heteroatoms. The number of nitrogens with zero attached hydrogens (tertiary/aromatic N) is 4. The van der Waals surface area contributed by atoms with Crippen molar-refractivity contribution in [2.24, 2.45) is 0 Å². The second-order valence-corrected chi connectivity index (χ2v) is 5.07. The number of rotatable bonds is 1. The monoisotopic (exact) mass is 272 g/mol. The van der Waals surface area contributed by atoms with Crippen LogP contribution in [0.1, 0.15) is 11.3 Å². The lowest BCUT2D eigenvalue weighted by atomic mass is 10.0. The molecule has 0 fully saturated rings. The van der Waals surface area contributed by atoms with Gasteiger partial charge in [0, 0.05) is 18.3 Å². The largest absolute Gasteiger partial charge is 0.324 e. The normalized spacial score (nSPS) is 12.3. The summed E-state index contributed by atoms with van der Waals surface area (Å²) in [6.07, 6.45) is 4.58. The molecule has 0 N–H and O–H groups in total. The van der Waals surface area contributed by atoms with E-state index in [-0.39, 0.29) is 0 Å². The second kappa shape index (κ2) is 4.57. The van der Waals surface area contributed by atoms with Gasteiger partial charge in [0.2, 0.25) is 0 Å². The summed E-state index contributed by atoms with van der Waals surface area (Å²) in [5.74, 6) is 0.937. The molecule has 0 saturated carbocycles. The van der Waals surface area contributed by atoms with Gasteiger partial charge in [0.15, 0.2) is 0 Å². The van der Waals surface area contributed by atoms with E-state index in [1.807, 2.05) is 30.5 Å². The molecule has 2 aromatic heterocycles. The molecule has 0 radical (unpaired) electrons. The van der Waals surface area contributed by atoms with E-state index in [0.717, 1.165) is 35.6 Å². The van der Waals surface area contributed by atoms with Crippen LogP contribution in [0.3, 0.4) is 0 Å². The third kappa shape index (κ3) is 1.83. The van der Waals surface area contributed by atoms with Crippen LogP contribution < -0.4 is 0 Å². The van der Waals surface area contributed by atoms with Crippen LogP contribution in [0.5, 0.6) is 0 Å². The van der Waals surface area contributed by atoms with Crippen molar-refractivity contribution in [2.45, 2.75) is 13.0 Å². The van der Waals surface area contributed by atoms with Gasteiger partial charge in [0.1, 0.15) is 17.6 Å². The number of benzene rings is 1. The maximum Gasteiger partial charge on any atom is 0.142 e. The number of hydrogen-bond donors (Lipinski definition) is 0. The molecular formula is C17H12N4. The molecule has 0 unspecified atom stereocenters. The number of pyridine rings is 1. The predicted octanol–water partition coefficient (Wildman–Crippen LogP) is 3.04. The Morgan fingerprint density at radius 3 is 2.76 bits per heavy atom. The first-order valence-corrected chi connectivity index (χ1v) is 6.87. The average Bonchev–Trinajstić information content (AvgIpc) is 2.99. The second-order valence-electron chi connectivity index (χ2n) is 5.07. The SMILES string of the molecule is N#Cc1cc2c(cn1)-c1ncc(-c3ccccc3)n1CC2. The highest BCUT2D eigenvalue weighted by atomic mass is 15.1. The van der Waals surface area contributed by atoms with Gasteiger partial charge in [0.05, 0.1) is 11.9 Å². The summed E-state index contributed by atoms with van der Waals surface area (Å²) in [6, 6.07) is 14.2. The predicted molar refractivity (Wildman–Crippen MR) is 79.3 cm³/mol. The zero-order valence-corrected chi connectivity index (χ0v) is 11.3. The van der Waals surface area contributed by atoms with E-state index in [9.17, 15) is 0 Å². The van der Waals surface area contributed by atoms with E-state index in [2.05, 4.69) is 32.7 Å². The van der Waals surface area contributed by atoms with Gasteiger partial charge in [-0.15, -0.1) is 0 Å². The van der Waals surface area contributed by atoms with Gasteiger partial charge in [-0.05, 0) is 23.6 Å². The van der Waals surface area contributed by atoms with Gasteiger partial charge in [-0.3, -0.25) is 0 Å². The van der Waals surface area contributed by atoms with Gasteiger partial charge in [-0.25, -0.2) is 9.97 Å². The van der Waals surface area contributed by atoms with Crippen LogP contribution >= 0.6 is 0 Å². The van der Waals surface area contributed by atoms with Crippen molar-refractivity contribution in [2.75, 3.05) is 0 Å². The van der Waals surface area contributed by atoms with Gasteiger partial charge in [-0.2, -0.15) is 5.26 Å². The Hall–Kier alpha value is -2.93. The lowest BCUT2D eigenvalue weighted by Crippen LogP contribution is -2.12. The zero-order valence-electron chi connectivity index (χ0n) is 11.3. The Labute approximate surface area is 122 Å². The molecule has 1 aliphatic rings. The van der Waals surface area contributed by atoms with E-state index in [1.165, 1.54) is 5.56 Å². The van der Waals surface area contributed by atoms with E-state index < -0.39 is 0 Å². The van der Waals surface area contributed by atoms with E-state index in [0.29, 0.717) is 5.69 Å². The summed E-state index contributed by atoms with van der Waals surface area (Å²) in [5, 5.41) is 8.95. The summed E-state index contributed by atoms with van der Waals surface area (Å²) in [4.78, 5) is 8.75. The Bertz CT molecular complexity index is 856. The number of aryl methyl sites for hydroxylation is 1. The van der Waals surface area contributed by atoms with Crippen molar-refractivity contribution < 1.29 is 0 Å². The fourth-order valence-corrected chi connectivity index (χ4v) is 2.85. The van der Waals surface area contributed by atoms with Gasteiger partial charge < -0.3 is 4.57 Å². The number of fused-ring (bicyclic) bond motifs is 3. The van der Waals surface area contributed by atoms with Crippen LogP contribution in [0.2, 0.25) is 0 Å². The minimum atomic E-state index is 0.469. The molecule has 3 heterocycles. The third-order valence-electron chi connectivity index (χ3n) is 3.87. The summed E-state index contributed by atoms with van der Waals surface area (Å²) in [6.45, 7) is 0.876. The summed E-state index contributed by atoms with van der Waals surface area (Å²) in [7, 11) is 0. The molecule has 1 aliphatic heterocycles. The highest BCUT2D eigenvalue weighted by Gasteiger charge is 2.21. The quantitative estimate of drug-likeness (QED) is 0.684. The topological polar surface area (TPSA) is 54.5 Å². The molecule has 100 valence electrons. The fourth-order valence-electron chi connectivity index (χ4n) is 2.85. The third-order valence-corrected chi connectivity index (χ3v) is 3.87. The standard InChI is InChI=1S/C17H12N4/c18-9-14-8-13-6-7-21-16(12-4-2-1-3-5-12)11-20-17(21)15(13)10-19-14/h1-5,8,10-11H,6-7H2. The van der Waals surface area contributed by atoms with Crippen molar-refractivity contribution in [3.8, 4) is 28.7 Å². The number of imidazole rings is 1. The first-order chi connectivity index (χ1) is 10.4. The highest BCUT2D eigenvalue weighted by molar-refractivity contribution is 5.69. The molecule has 1 aromatic carbocycles. The molecule has 0 spiro atoms. The summed E-state index contributed by atoms with van der Waals surface area (Å²) < 4.78 is 2.23. The molecule has 4 rings (SSSR count). The van der Waals surface area contributed by atoms with Crippen molar-refractivity contribution in [1.29, 1.82) is 5.26 Å². The maximum absolute atomic E-state index is 8.95. The lowest BCUT2D eigenvalue weighted by molar-refractivity contribution is 0.687. The number of nitriles is 1. The first-order valence-electron chi connectivity index (χ1n) is 6.87. The van der Waals surface area contributed by atoms with E-state index in [4.69, 9.17) is 5.26 Å². The molecule has 0 amide bonds. The smallest absolute Gasteiger partial charge is 0.142 e. The Balaban J connectivity index is 1.87. The van der Waals surface area contributed by atoms with Gasteiger partial charge >= 0.3 is 0 Å². The number of aromatic nitrogens is 3. The summed E-state index contributed by atoms with van der Waals surface area (Å²) >= 11 is 0. The molecule has 0 bridgehead atoms. The Morgan fingerprint density at radius 1 is 1.10 bits per heavy atom. The Kier molecular flexibility index (Phi) is 2.58. The average molecular weight is 272 g/mol. The molecule has 0 saturated heterocycles. The Morgan fingerprint density at radius 2 is 1.95 bits per heavy atom. The van der Waals surface area contributed by atoms with E-state index in [1.54, 1.807) is 6.20 Å². The minimum Gasteiger partial charge on any atom is -0.324 e. The molecule has 3 aromatic rings. The van der Waals surface area contributed by atoms with Gasteiger partial charge in [0.25, 0.3) is 0 Å². The van der Waals surface area contributed by atoms with Crippen LogP contribution in [-0.4, -0.2) is 14.5 Å². The summed E-state index contributed by atoms with van der Waals surface area (Å²) in [5.41, 5.74) is 4.95. The van der Waals surface area contributed by atoms with E-state index >= 15 is 0 Å². The van der Waals surface area contributed by atoms with Gasteiger partial charge in [-0.1, -0.05) is 30.3 Å². The van der Waals surface area contributed by atoms with Crippen molar-refractivity contribution in [3.05, 3.63) is 60.0 Å². The van der Waals surface area contributed by atoms with Crippen molar-refractivity contribution in [3.63, 3.8) is 0 Å². The number of hydrogen-bond acceptors (Lipinski definition) is 3. The minimum absolute atomic E-state index is 0.469. The van der Waals surface area contributed by atoms with Crippen LogP contribution in [0.25, 0.3) is 22.6 Å². The van der Waals surface area contributed by atoms with Crippen LogP contribution in [0, 0.1) is 11.3 Å². The lowest BCUT2D eigenvalue weighted by Gasteiger charge is -2.19. The van der Waals surface area contributed by atoms with Crippen LogP contribution in [-0.2, 0) is 13.0 Å². The van der Waals surface area contributed by atoms with Crippen molar-refractivity contribution >= 4 is 0 Å². The van der Waals surface area contributed by atoms with Crippen molar-refractivity contribution in [1.82, 2.24) is 14.5 Å². The molecule has 0 atom stereocenters. The first kappa shape index (κ1) is 11.9. The van der Waals surface area contributed by atoms with Crippen LogP contribution in [0.4, 0.5) is 0 Å². The molecular weight excluding hydrogens is 260 g/mol. The highest BCUT2D eigenvalue weighted by Crippen LogP contribution is 2.32. The maximum atomic E-state index is 8.95. The van der Waals surface area contributed by atoms with Crippen LogP contribution in [0.15, 0.2) is 48.8 Å². The molecule has 0 aliphatic carbocycles. The fraction of sp³-hybridized carbons (Fsp3) is 0.118. The zero-order chi connectivity index (χ0) is 14.2. The molecule has 4 nitrogen and oxygen atoms in total.